The van der Waals surface area contributed by atoms with Gasteiger partial charge in [0.15, 0.2) is 5.65 Å². The lowest BCUT2D eigenvalue weighted by Crippen LogP contribution is -2.23. The zero-order chi connectivity index (χ0) is 16.4. The highest BCUT2D eigenvalue weighted by molar-refractivity contribution is 5.93. The second-order valence-electron chi connectivity index (χ2n) is 5.25. The summed E-state index contributed by atoms with van der Waals surface area (Å²) in [5, 5.41) is 7.12. The summed E-state index contributed by atoms with van der Waals surface area (Å²) in [6.45, 7) is 0.376. The molecule has 1 amide bonds. The fourth-order valence-corrected chi connectivity index (χ4v) is 2.46. The van der Waals surface area contributed by atoms with Gasteiger partial charge in [0.25, 0.3) is 5.91 Å². The Morgan fingerprint density at radius 2 is 2.00 bits per heavy atom. The molecule has 118 valence electrons. The van der Waals surface area contributed by atoms with E-state index < -0.39 is 0 Å². The van der Waals surface area contributed by atoms with E-state index in [-0.39, 0.29) is 5.91 Å². The molecular formula is C17H14N6O. The van der Waals surface area contributed by atoms with E-state index in [0.29, 0.717) is 12.1 Å². The van der Waals surface area contributed by atoms with Crippen LogP contribution in [-0.2, 0) is 6.54 Å². The van der Waals surface area contributed by atoms with E-state index in [0.717, 1.165) is 17.0 Å². The van der Waals surface area contributed by atoms with Crippen molar-refractivity contribution in [3.63, 3.8) is 0 Å². The zero-order valence-electron chi connectivity index (χ0n) is 12.7. The number of nitrogens with one attached hydrogen (secondary N) is 1. The number of hydrogen-bond acceptors (Lipinski definition) is 4. The van der Waals surface area contributed by atoms with E-state index in [1.807, 2.05) is 40.9 Å². The van der Waals surface area contributed by atoms with Gasteiger partial charge in [0.1, 0.15) is 0 Å². The van der Waals surface area contributed by atoms with Crippen LogP contribution in [0.2, 0.25) is 0 Å². The third-order valence-electron chi connectivity index (χ3n) is 3.69. The number of carbonyl (C=O) groups is 1. The third kappa shape index (κ3) is 2.63. The normalized spacial score (nSPS) is 10.8. The Morgan fingerprint density at radius 3 is 2.88 bits per heavy atom. The smallest absolute Gasteiger partial charge is 0.254 e. The van der Waals surface area contributed by atoms with Gasteiger partial charge in [-0.2, -0.15) is 5.10 Å². The molecule has 1 N–H and O–H groups in total. The molecule has 24 heavy (non-hydrogen) atoms. The molecular weight excluding hydrogens is 304 g/mol. The van der Waals surface area contributed by atoms with Crippen LogP contribution >= 0.6 is 0 Å². The van der Waals surface area contributed by atoms with Crippen molar-refractivity contribution < 1.29 is 4.79 Å². The number of imidazole rings is 1. The molecule has 7 nitrogen and oxygen atoms in total. The molecule has 0 saturated carbocycles. The molecule has 0 unspecified atom stereocenters. The van der Waals surface area contributed by atoms with Crippen molar-refractivity contribution in [3.05, 3.63) is 78.8 Å². The van der Waals surface area contributed by atoms with Crippen molar-refractivity contribution >= 4 is 11.6 Å². The van der Waals surface area contributed by atoms with Gasteiger partial charge in [-0.1, -0.05) is 18.2 Å². The third-order valence-corrected chi connectivity index (χ3v) is 3.69. The fraction of sp³-hybridized carbons (Fsp3) is 0.0588. The van der Waals surface area contributed by atoms with Crippen LogP contribution < -0.4 is 5.32 Å². The SMILES string of the molecule is O=C(NCc1cnc2cnccn12)c1cnn(-c2ccccc2)c1. The second-order valence-corrected chi connectivity index (χ2v) is 5.25. The minimum absolute atomic E-state index is 0.179. The van der Waals surface area contributed by atoms with Crippen molar-refractivity contribution in [2.75, 3.05) is 0 Å². The van der Waals surface area contributed by atoms with Crippen LogP contribution in [0.5, 0.6) is 0 Å². The number of rotatable bonds is 4. The largest absolute Gasteiger partial charge is 0.346 e. The average molecular weight is 318 g/mol. The molecule has 7 heteroatoms. The van der Waals surface area contributed by atoms with Crippen LogP contribution in [0.25, 0.3) is 11.3 Å². The standard InChI is InChI=1S/C17H14N6O/c24-17(13-8-21-23(12-13)14-4-2-1-3-5-14)20-10-15-9-19-16-11-18-6-7-22(15)16/h1-9,11-12H,10H2,(H,20,24). The van der Waals surface area contributed by atoms with E-state index in [4.69, 9.17) is 0 Å². The Kier molecular flexibility index (Phi) is 3.51. The highest BCUT2D eigenvalue weighted by Crippen LogP contribution is 2.08. The van der Waals surface area contributed by atoms with Crippen LogP contribution in [0.3, 0.4) is 0 Å². The molecule has 0 atom stereocenters. The van der Waals surface area contributed by atoms with Crippen molar-refractivity contribution in [3.8, 4) is 5.69 Å². The van der Waals surface area contributed by atoms with Gasteiger partial charge in [0, 0.05) is 18.6 Å². The first-order chi connectivity index (χ1) is 11.8. The number of fused-ring (bicyclic) bond motifs is 1. The van der Waals surface area contributed by atoms with Crippen LogP contribution in [-0.4, -0.2) is 30.1 Å². The first kappa shape index (κ1) is 14.1. The maximum Gasteiger partial charge on any atom is 0.254 e. The van der Waals surface area contributed by atoms with Gasteiger partial charge in [0.05, 0.1) is 42.1 Å². The van der Waals surface area contributed by atoms with Gasteiger partial charge in [-0.25, -0.2) is 9.67 Å². The van der Waals surface area contributed by atoms with E-state index in [1.54, 1.807) is 35.7 Å². The van der Waals surface area contributed by atoms with Gasteiger partial charge >= 0.3 is 0 Å². The molecule has 0 bridgehead atoms. The minimum atomic E-state index is -0.179. The Balaban J connectivity index is 1.48. The Bertz CT molecular complexity index is 988. The van der Waals surface area contributed by atoms with Crippen molar-refractivity contribution in [2.45, 2.75) is 6.54 Å². The predicted octanol–water partition coefficient (Wildman–Crippen LogP) is 1.84. The summed E-state index contributed by atoms with van der Waals surface area (Å²) in [7, 11) is 0. The molecule has 0 saturated heterocycles. The van der Waals surface area contributed by atoms with E-state index >= 15 is 0 Å². The van der Waals surface area contributed by atoms with E-state index in [1.165, 1.54) is 0 Å². The van der Waals surface area contributed by atoms with Gasteiger partial charge in [0.2, 0.25) is 0 Å². The topological polar surface area (TPSA) is 77.1 Å². The molecule has 0 aliphatic heterocycles. The summed E-state index contributed by atoms with van der Waals surface area (Å²) < 4.78 is 3.56. The Hall–Kier alpha value is -3.48. The van der Waals surface area contributed by atoms with Crippen LogP contribution in [0.1, 0.15) is 16.1 Å². The van der Waals surface area contributed by atoms with E-state index in [2.05, 4.69) is 20.4 Å². The summed E-state index contributed by atoms with van der Waals surface area (Å²) in [5.41, 5.74) is 3.05. The number of nitrogens with zero attached hydrogens (tertiary/aromatic N) is 5. The van der Waals surface area contributed by atoms with Gasteiger partial charge in [-0.15, -0.1) is 0 Å². The molecule has 0 aliphatic carbocycles. The number of amides is 1. The van der Waals surface area contributed by atoms with Gasteiger partial charge < -0.3 is 5.32 Å². The number of hydrogen-bond donors (Lipinski definition) is 1. The number of para-hydroxylation sites is 1. The summed E-state index contributed by atoms with van der Waals surface area (Å²) in [5.74, 6) is -0.179. The van der Waals surface area contributed by atoms with Crippen molar-refractivity contribution in [1.82, 2.24) is 29.5 Å². The summed E-state index contributed by atoms with van der Waals surface area (Å²) in [4.78, 5) is 20.6. The molecule has 0 aliphatic rings. The molecule has 3 aromatic heterocycles. The summed E-state index contributed by atoms with van der Waals surface area (Å²) in [6.07, 6.45) is 10.2. The predicted molar refractivity (Wildman–Crippen MR) is 87.7 cm³/mol. The monoisotopic (exact) mass is 318 g/mol. The van der Waals surface area contributed by atoms with E-state index in [9.17, 15) is 4.79 Å². The zero-order valence-corrected chi connectivity index (χ0v) is 12.7. The quantitative estimate of drug-likeness (QED) is 0.623. The Morgan fingerprint density at radius 1 is 1.12 bits per heavy atom. The van der Waals surface area contributed by atoms with Crippen LogP contribution in [0.15, 0.2) is 67.5 Å². The molecule has 0 radical (unpaired) electrons. The first-order valence-corrected chi connectivity index (χ1v) is 7.45. The maximum absolute atomic E-state index is 12.3. The number of benzene rings is 1. The summed E-state index contributed by atoms with van der Waals surface area (Å²) >= 11 is 0. The lowest BCUT2D eigenvalue weighted by molar-refractivity contribution is 0.0950. The minimum Gasteiger partial charge on any atom is -0.346 e. The molecule has 0 fully saturated rings. The maximum atomic E-state index is 12.3. The first-order valence-electron chi connectivity index (χ1n) is 7.45. The molecule has 1 aromatic carbocycles. The van der Waals surface area contributed by atoms with Gasteiger partial charge in [-0.05, 0) is 12.1 Å². The second kappa shape index (κ2) is 5.96. The molecule has 4 aromatic rings. The molecule has 0 spiro atoms. The summed E-state index contributed by atoms with van der Waals surface area (Å²) in [6, 6.07) is 9.65. The van der Waals surface area contributed by atoms with Crippen molar-refractivity contribution in [2.24, 2.45) is 0 Å². The Labute approximate surface area is 137 Å². The molecule has 4 rings (SSSR count). The molecule has 3 heterocycles. The lowest BCUT2D eigenvalue weighted by Gasteiger charge is -2.03. The van der Waals surface area contributed by atoms with Crippen LogP contribution in [0.4, 0.5) is 0 Å². The number of carbonyl (C=O) groups excluding carboxylic acids is 1. The van der Waals surface area contributed by atoms with Crippen molar-refractivity contribution in [1.29, 1.82) is 0 Å². The average Bonchev–Trinajstić information content (AvgIpc) is 3.28. The van der Waals surface area contributed by atoms with Crippen LogP contribution in [0, 0.1) is 0 Å². The lowest BCUT2D eigenvalue weighted by atomic mass is 10.3. The number of aromatic nitrogens is 5. The van der Waals surface area contributed by atoms with Gasteiger partial charge in [-0.3, -0.25) is 14.2 Å². The highest BCUT2D eigenvalue weighted by atomic mass is 16.1. The fourth-order valence-electron chi connectivity index (χ4n) is 2.46. The highest BCUT2D eigenvalue weighted by Gasteiger charge is 2.10.